The van der Waals surface area contributed by atoms with Gasteiger partial charge >= 0.3 is 0 Å². The first-order valence-corrected chi connectivity index (χ1v) is 25.1. The van der Waals surface area contributed by atoms with Gasteiger partial charge in [-0.25, -0.2) is 15.0 Å². The van der Waals surface area contributed by atoms with Crippen molar-refractivity contribution in [2.75, 3.05) is 69.8 Å². The molecule has 7 N–H and O–H groups in total. The zero-order valence-corrected chi connectivity index (χ0v) is 41.5. The summed E-state index contributed by atoms with van der Waals surface area (Å²) in [6.45, 7) is 13.1. The van der Waals surface area contributed by atoms with E-state index in [4.69, 9.17) is 26.2 Å². The number of nitrogens with zero attached hydrogens (tertiary/aromatic N) is 9. The third-order valence-corrected chi connectivity index (χ3v) is 13.6. The molecule has 366 valence electrons. The van der Waals surface area contributed by atoms with E-state index in [2.05, 4.69) is 30.9 Å². The molecule has 0 radical (unpaired) electrons. The number of imidazole rings is 2. The average Bonchev–Trinajstić information content (AvgIpc) is 4.10. The maximum Gasteiger partial charge on any atom is 0.276 e. The van der Waals surface area contributed by atoms with Crippen molar-refractivity contribution in [3.8, 4) is 5.75 Å². The average molecular weight is 981 g/mol. The molecule has 1 saturated heterocycles. The number of hydrogen-bond donors (Lipinski definition) is 5. The number of allylic oxidation sites excluding steroid dienone is 2. The summed E-state index contributed by atoms with van der Waals surface area (Å²) in [7, 11) is 1.88. The van der Waals surface area contributed by atoms with Gasteiger partial charge in [0.05, 0.1) is 39.6 Å². The number of hydrogen-bond acceptors (Lipinski definition) is 14. The van der Waals surface area contributed by atoms with Crippen LogP contribution in [0.3, 0.4) is 0 Å². The molecular formula is C47H60N14O6S2. The number of amides is 5. The van der Waals surface area contributed by atoms with E-state index in [1.54, 1.807) is 39.6 Å². The van der Waals surface area contributed by atoms with Crippen LogP contribution in [-0.4, -0.2) is 132 Å². The number of piperazine rings is 1. The molecule has 5 amide bonds. The molecule has 0 saturated carbocycles. The van der Waals surface area contributed by atoms with E-state index in [1.165, 1.54) is 23.1 Å². The third-order valence-electron chi connectivity index (χ3n) is 11.8. The van der Waals surface area contributed by atoms with Crippen LogP contribution in [0, 0.1) is 13.8 Å². The lowest BCUT2D eigenvalue weighted by Gasteiger charge is -2.34. The van der Waals surface area contributed by atoms with Crippen LogP contribution in [-0.2, 0) is 30.8 Å². The second-order valence-corrected chi connectivity index (χ2v) is 18.6. The van der Waals surface area contributed by atoms with Crippen molar-refractivity contribution in [1.82, 2.24) is 49.0 Å². The van der Waals surface area contributed by atoms with Crippen LogP contribution in [0.2, 0.25) is 0 Å². The van der Waals surface area contributed by atoms with E-state index in [1.807, 2.05) is 62.6 Å². The first-order valence-electron chi connectivity index (χ1n) is 23.0. The van der Waals surface area contributed by atoms with E-state index in [9.17, 15) is 24.0 Å². The maximum absolute atomic E-state index is 13.9. The Morgan fingerprint density at radius 3 is 2.09 bits per heavy atom. The number of carbonyl (C=O) groups is 5. The molecule has 6 aromatic rings. The molecule has 1 aliphatic heterocycles. The first kappa shape index (κ1) is 50.3. The number of aryl methyl sites for hydroxylation is 4. The molecule has 5 heterocycles. The largest absolute Gasteiger partial charge is 0.491 e. The third kappa shape index (κ3) is 11.6. The van der Waals surface area contributed by atoms with Crippen molar-refractivity contribution in [3.63, 3.8) is 0 Å². The summed E-state index contributed by atoms with van der Waals surface area (Å²) in [4.78, 5) is 85.0. The summed E-state index contributed by atoms with van der Waals surface area (Å²) in [6, 6.07) is 8.19. The summed E-state index contributed by atoms with van der Waals surface area (Å²) >= 11 is 2.72. The molecule has 4 aromatic heterocycles. The topological polar surface area (TPSA) is 256 Å². The van der Waals surface area contributed by atoms with Crippen LogP contribution in [0.25, 0.3) is 22.1 Å². The number of nitrogens with one attached hydrogen (secondary N) is 3. The Kier molecular flexibility index (Phi) is 16.5. The summed E-state index contributed by atoms with van der Waals surface area (Å²) < 4.78 is 11.7. The number of thioether (sulfide) groups is 1. The zero-order chi connectivity index (χ0) is 49.4. The smallest absolute Gasteiger partial charge is 0.276 e. The Bertz CT molecular complexity index is 2910. The Balaban J connectivity index is 1.18. The van der Waals surface area contributed by atoms with Crippen molar-refractivity contribution in [3.05, 3.63) is 80.6 Å². The quantitative estimate of drug-likeness (QED) is 0.0348. The first-order chi connectivity index (χ1) is 33.2. The van der Waals surface area contributed by atoms with Crippen LogP contribution >= 0.6 is 23.1 Å². The van der Waals surface area contributed by atoms with Crippen molar-refractivity contribution in [1.29, 1.82) is 0 Å². The number of thiazole rings is 1. The lowest BCUT2D eigenvalue weighted by molar-refractivity contribution is -0.133. The molecule has 22 heteroatoms. The molecule has 69 heavy (non-hydrogen) atoms. The predicted molar refractivity (Wildman–Crippen MR) is 268 cm³/mol. The predicted octanol–water partition coefficient (Wildman–Crippen LogP) is 4.83. The highest BCUT2D eigenvalue weighted by Crippen LogP contribution is 2.34. The van der Waals surface area contributed by atoms with Gasteiger partial charge in [0, 0.05) is 74.8 Å². The van der Waals surface area contributed by atoms with E-state index < -0.39 is 17.7 Å². The zero-order valence-electron chi connectivity index (χ0n) is 39.9. The van der Waals surface area contributed by atoms with Gasteiger partial charge in [-0.05, 0) is 90.2 Å². The van der Waals surface area contributed by atoms with Gasteiger partial charge in [0.1, 0.15) is 21.8 Å². The lowest BCUT2D eigenvalue weighted by atomic mass is 10.1. The lowest BCUT2D eigenvalue weighted by Crippen LogP contribution is -2.49. The van der Waals surface area contributed by atoms with E-state index in [0.717, 1.165) is 42.5 Å². The molecular weight excluding hydrogens is 921 g/mol. The Morgan fingerprint density at radius 1 is 0.826 bits per heavy atom. The molecule has 20 nitrogen and oxygen atoms in total. The van der Waals surface area contributed by atoms with Gasteiger partial charge in [-0.1, -0.05) is 19.1 Å². The Labute approximate surface area is 408 Å². The number of rotatable bonds is 22. The number of nitrogens with two attached hydrogens (primary N) is 2. The fourth-order valence-electron chi connectivity index (χ4n) is 8.36. The molecule has 1 aliphatic rings. The second kappa shape index (κ2) is 22.7. The number of benzene rings is 2. The minimum atomic E-state index is -0.665. The van der Waals surface area contributed by atoms with Gasteiger partial charge in [0.25, 0.3) is 11.8 Å². The van der Waals surface area contributed by atoms with Crippen LogP contribution < -0.4 is 32.2 Å². The van der Waals surface area contributed by atoms with Crippen LogP contribution in [0.4, 0.5) is 11.9 Å². The van der Waals surface area contributed by atoms with Crippen LogP contribution in [0.5, 0.6) is 5.75 Å². The number of fused-ring (bicyclic) bond motifs is 2. The normalized spacial score (nSPS) is 13.2. The monoisotopic (exact) mass is 980 g/mol. The number of primary amides is 2. The highest BCUT2D eigenvalue weighted by atomic mass is 32.2. The van der Waals surface area contributed by atoms with Crippen molar-refractivity contribution in [2.24, 2.45) is 11.5 Å². The Morgan fingerprint density at radius 2 is 1.46 bits per heavy atom. The molecule has 0 bridgehead atoms. The van der Waals surface area contributed by atoms with Crippen molar-refractivity contribution < 1.29 is 28.7 Å². The van der Waals surface area contributed by atoms with Crippen LogP contribution in [0.1, 0.15) is 90.4 Å². The summed E-state index contributed by atoms with van der Waals surface area (Å²) in [5.74, 6) is -1.04. The molecule has 0 aliphatic carbocycles. The number of anilines is 2. The molecule has 0 atom stereocenters. The summed E-state index contributed by atoms with van der Waals surface area (Å²) in [6.07, 6.45) is 8.26. The van der Waals surface area contributed by atoms with E-state index >= 15 is 0 Å². The standard InChI is InChI=1S/C47H60N14O6S2/c1-7-32-41(69-29(4)51-32)45(66)55-47-53-34-25-31(43(49)64)27-37(68-6)40(34)60(47)17-10-9-16-59-39-33(52-46(59)54-44(65)35-23-28(3)56-61(35)8-2)24-30(42(48)63)26-36(39)67-22-12-15-57-18-20-58(21-19-57)38(62)13-11-14-50-5/h9-10,23-27,50H,7-8,11-22H2,1-6H3,(H2,48,63)(H2,49,64)(H,52,54,65)(H,53,55,66)/b10-9+. The van der Waals surface area contributed by atoms with Gasteiger partial charge in [-0.2, -0.15) is 5.10 Å². The number of ether oxygens (including phenoxy) is 1. The number of aromatic nitrogens is 7. The van der Waals surface area contributed by atoms with Gasteiger partial charge in [0.2, 0.25) is 29.6 Å². The second-order valence-electron chi connectivity index (χ2n) is 16.6. The Hall–Kier alpha value is -6.62. The summed E-state index contributed by atoms with van der Waals surface area (Å²) in [5.41, 5.74) is 15.8. The fourth-order valence-corrected chi connectivity index (χ4v) is 9.92. The van der Waals surface area contributed by atoms with Crippen molar-refractivity contribution in [2.45, 2.75) is 77.9 Å². The highest BCUT2D eigenvalue weighted by molar-refractivity contribution is 7.98. The van der Waals surface area contributed by atoms with Gasteiger partial charge < -0.3 is 35.6 Å². The van der Waals surface area contributed by atoms with Crippen LogP contribution in [0.15, 0.2) is 47.4 Å². The van der Waals surface area contributed by atoms with E-state index in [-0.39, 0.29) is 47.9 Å². The van der Waals surface area contributed by atoms with E-state index in [0.29, 0.717) is 95.3 Å². The summed E-state index contributed by atoms with van der Waals surface area (Å²) in [5, 5.41) is 14.3. The molecule has 2 aromatic carbocycles. The van der Waals surface area contributed by atoms with Gasteiger partial charge in [-0.15, -0.1) is 23.1 Å². The van der Waals surface area contributed by atoms with Gasteiger partial charge in [0.15, 0.2) is 0 Å². The molecule has 0 spiro atoms. The fraction of sp³-hybridized carbons (Fsp3) is 0.426. The highest BCUT2D eigenvalue weighted by Gasteiger charge is 2.25. The van der Waals surface area contributed by atoms with Crippen molar-refractivity contribution >= 4 is 86.6 Å². The number of carbonyl (C=O) groups excluding carboxylic acids is 5. The maximum atomic E-state index is 13.9. The minimum Gasteiger partial charge on any atom is -0.491 e. The minimum absolute atomic E-state index is 0.179. The molecule has 0 unspecified atom stereocenters. The molecule has 7 rings (SSSR count). The SMILES string of the molecule is CCc1nc(C)sc1C(=O)Nc1nc2cc(C(N)=O)cc(SC)c2n1C/C=C/Cn1c(NC(=O)c2cc(C)nn2CC)nc2cc(C(N)=O)cc(OCCCN3CCN(C(=O)CCCNC)CC3)c21. The molecule has 1 fully saturated rings. The van der Waals surface area contributed by atoms with Gasteiger partial charge in [-0.3, -0.25) is 44.2 Å².